The predicted octanol–water partition coefficient (Wildman–Crippen LogP) is 2.83. The van der Waals surface area contributed by atoms with Crippen LogP contribution in [0, 0.1) is 11.6 Å². The van der Waals surface area contributed by atoms with Crippen molar-refractivity contribution >= 4 is 23.5 Å². The van der Waals surface area contributed by atoms with E-state index in [9.17, 15) is 23.2 Å². The molecule has 0 aliphatic carbocycles. The second-order valence-corrected chi connectivity index (χ2v) is 6.06. The Morgan fingerprint density at radius 3 is 2.31 bits per heavy atom. The molecule has 29 heavy (non-hydrogen) atoms. The van der Waals surface area contributed by atoms with Gasteiger partial charge >= 0.3 is 11.9 Å². The second-order valence-electron chi connectivity index (χ2n) is 6.06. The highest BCUT2D eigenvalue weighted by atomic mass is 19.1. The fraction of sp³-hybridized carbons (Fsp3) is 0.250. The minimum absolute atomic E-state index is 0.0473. The van der Waals surface area contributed by atoms with Gasteiger partial charge in [-0.2, -0.15) is 0 Å². The number of carbonyl (C=O) groups excluding carboxylic acids is 3. The lowest BCUT2D eigenvalue weighted by atomic mass is 10.1. The summed E-state index contributed by atoms with van der Waals surface area (Å²) in [5, 5.41) is 5.32. The molecule has 0 heterocycles. The van der Waals surface area contributed by atoms with Crippen molar-refractivity contribution in [1.29, 1.82) is 0 Å². The molecule has 2 N–H and O–H groups in total. The van der Waals surface area contributed by atoms with Crippen molar-refractivity contribution in [2.75, 3.05) is 26.1 Å². The van der Waals surface area contributed by atoms with Crippen LogP contribution >= 0.6 is 0 Å². The van der Waals surface area contributed by atoms with E-state index in [1.807, 2.05) is 0 Å². The number of benzene rings is 2. The predicted molar refractivity (Wildman–Crippen MR) is 101 cm³/mol. The molecule has 1 atom stereocenters. The summed E-state index contributed by atoms with van der Waals surface area (Å²) >= 11 is 0. The molecular weight excluding hydrogens is 386 g/mol. The quantitative estimate of drug-likeness (QED) is 0.687. The average molecular weight is 406 g/mol. The SMILES string of the molecule is COC(=O)c1ccc(C(=O)OC)c(NC(=O)CN[C@H](C)c2ccc(F)cc2F)c1. The first-order valence-electron chi connectivity index (χ1n) is 8.55. The molecule has 0 aliphatic heterocycles. The lowest BCUT2D eigenvalue weighted by Gasteiger charge is -2.16. The average Bonchev–Trinajstić information content (AvgIpc) is 2.70. The van der Waals surface area contributed by atoms with E-state index in [-0.39, 0.29) is 28.9 Å². The van der Waals surface area contributed by atoms with Gasteiger partial charge in [-0.3, -0.25) is 4.79 Å². The summed E-state index contributed by atoms with van der Waals surface area (Å²) in [5.74, 6) is -3.32. The molecule has 2 rings (SSSR count). The van der Waals surface area contributed by atoms with Crippen LogP contribution in [0.4, 0.5) is 14.5 Å². The summed E-state index contributed by atoms with van der Waals surface area (Å²) in [7, 11) is 2.39. The van der Waals surface area contributed by atoms with Crippen LogP contribution in [0.15, 0.2) is 36.4 Å². The smallest absolute Gasteiger partial charge is 0.339 e. The number of hydrogen-bond donors (Lipinski definition) is 2. The standard InChI is InChI=1S/C20H20F2N2O5/c1-11(14-7-5-13(21)9-16(14)22)23-10-18(25)24-17-8-12(19(26)28-2)4-6-15(17)20(27)29-3/h4-9,11,23H,10H2,1-3H3,(H,24,25)/t11-/m1/s1. The van der Waals surface area contributed by atoms with E-state index in [2.05, 4.69) is 20.1 Å². The molecule has 7 nitrogen and oxygen atoms in total. The number of esters is 2. The molecule has 2 aromatic rings. The van der Waals surface area contributed by atoms with E-state index < -0.39 is 35.5 Å². The third-order valence-corrected chi connectivity index (χ3v) is 4.12. The monoisotopic (exact) mass is 406 g/mol. The van der Waals surface area contributed by atoms with Gasteiger partial charge in [0.25, 0.3) is 0 Å². The Kier molecular flexibility index (Phi) is 7.38. The van der Waals surface area contributed by atoms with Gasteiger partial charge in [0, 0.05) is 17.7 Å². The highest BCUT2D eigenvalue weighted by Crippen LogP contribution is 2.20. The lowest BCUT2D eigenvalue weighted by Crippen LogP contribution is -2.31. The van der Waals surface area contributed by atoms with Crippen LogP contribution in [-0.4, -0.2) is 38.6 Å². The third-order valence-electron chi connectivity index (χ3n) is 4.12. The molecule has 0 aromatic heterocycles. The summed E-state index contributed by atoms with van der Waals surface area (Å²) in [5.41, 5.74) is 0.436. The van der Waals surface area contributed by atoms with E-state index in [1.165, 1.54) is 38.5 Å². The fourth-order valence-corrected chi connectivity index (χ4v) is 2.58. The van der Waals surface area contributed by atoms with Crippen LogP contribution < -0.4 is 10.6 Å². The molecule has 0 unspecified atom stereocenters. The van der Waals surface area contributed by atoms with Crippen molar-refractivity contribution in [1.82, 2.24) is 5.32 Å². The Hall–Kier alpha value is -3.33. The van der Waals surface area contributed by atoms with Gasteiger partial charge < -0.3 is 20.1 Å². The number of rotatable bonds is 7. The number of carbonyl (C=O) groups is 3. The van der Waals surface area contributed by atoms with Gasteiger partial charge in [-0.15, -0.1) is 0 Å². The molecule has 0 fully saturated rings. The number of ether oxygens (including phenoxy) is 2. The fourth-order valence-electron chi connectivity index (χ4n) is 2.58. The topological polar surface area (TPSA) is 93.7 Å². The van der Waals surface area contributed by atoms with Gasteiger partial charge in [0.1, 0.15) is 11.6 Å². The molecule has 0 bridgehead atoms. The first-order chi connectivity index (χ1) is 13.8. The van der Waals surface area contributed by atoms with Gasteiger partial charge in [0.05, 0.1) is 37.6 Å². The van der Waals surface area contributed by atoms with E-state index >= 15 is 0 Å². The Bertz CT molecular complexity index is 933. The Morgan fingerprint density at radius 2 is 1.69 bits per heavy atom. The molecule has 154 valence electrons. The van der Waals surface area contributed by atoms with Crippen molar-refractivity contribution in [2.24, 2.45) is 0 Å². The van der Waals surface area contributed by atoms with E-state index in [1.54, 1.807) is 6.92 Å². The minimum atomic E-state index is -0.732. The van der Waals surface area contributed by atoms with E-state index in [0.29, 0.717) is 0 Å². The Morgan fingerprint density at radius 1 is 1.00 bits per heavy atom. The number of methoxy groups -OCH3 is 2. The van der Waals surface area contributed by atoms with Gasteiger partial charge in [0.2, 0.25) is 5.91 Å². The first-order valence-corrected chi connectivity index (χ1v) is 8.55. The molecular formula is C20H20F2N2O5. The molecule has 0 radical (unpaired) electrons. The maximum absolute atomic E-state index is 13.8. The summed E-state index contributed by atoms with van der Waals surface area (Å²) in [6.07, 6.45) is 0. The highest BCUT2D eigenvalue weighted by molar-refractivity contribution is 6.03. The summed E-state index contributed by atoms with van der Waals surface area (Å²) in [4.78, 5) is 35.9. The van der Waals surface area contributed by atoms with Crippen molar-refractivity contribution in [3.8, 4) is 0 Å². The molecule has 2 aromatic carbocycles. The van der Waals surface area contributed by atoms with Gasteiger partial charge in [-0.25, -0.2) is 18.4 Å². The number of halogens is 2. The highest BCUT2D eigenvalue weighted by Gasteiger charge is 2.18. The van der Waals surface area contributed by atoms with Gasteiger partial charge in [0.15, 0.2) is 0 Å². The normalized spacial score (nSPS) is 11.5. The van der Waals surface area contributed by atoms with Crippen molar-refractivity contribution in [2.45, 2.75) is 13.0 Å². The molecule has 0 saturated carbocycles. The third kappa shape index (κ3) is 5.58. The summed E-state index contributed by atoms with van der Waals surface area (Å²) < 4.78 is 36.1. The number of anilines is 1. The maximum atomic E-state index is 13.8. The second kappa shape index (κ2) is 9.74. The molecule has 0 aliphatic rings. The van der Waals surface area contributed by atoms with Crippen LogP contribution in [0.2, 0.25) is 0 Å². The summed E-state index contributed by atoms with van der Waals surface area (Å²) in [6, 6.07) is 6.58. The number of amides is 1. The van der Waals surface area contributed by atoms with Crippen molar-refractivity contribution in [3.05, 3.63) is 64.7 Å². The molecule has 9 heteroatoms. The zero-order valence-electron chi connectivity index (χ0n) is 16.0. The minimum Gasteiger partial charge on any atom is -0.465 e. The van der Waals surface area contributed by atoms with Crippen molar-refractivity contribution in [3.63, 3.8) is 0 Å². The van der Waals surface area contributed by atoms with Crippen molar-refractivity contribution < 1.29 is 32.6 Å². The maximum Gasteiger partial charge on any atom is 0.339 e. The largest absolute Gasteiger partial charge is 0.465 e. The van der Waals surface area contributed by atoms with Crippen LogP contribution in [0.5, 0.6) is 0 Å². The zero-order valence-corrected chi connectivity index (χ0v) is 16.0. The molecule has 1 amide bonds. The van der Waals surface area contributed by atoms with Crippen LogP contribution in [-0.2, 0) is 14.3 Å². The number of hydrogen-bond acceptors (Lipinski definition) is 6. The zero-order chi connectivity index (χ0) is 21.6. The Labute approximate surface area is 166 Å². The van der Waals surface area contributed by atoms with Crippen LogP contribution in [0.3, 0.4) is 0 Å². The van der Waals surface area contributed by atoms with Crippen LogP contribution in [0.1, 0.15) is 39.2 Å². The van der Waals surface area contributed by atoms with Crippen LogP contribution in [0.25, 0.3) is 0 Å². The first kappa shape index (κ1) is 22.0. The van der Waals surface area contributed by atoms with Gasteiger partial charge in [-0.05, 0) is 31.2 Å². The summed E-state index contributed by atoms with van der Waals surface area (Å²) in [6.45, 7) is 1.38. The lowest BCUT2D eigenvalue weighted by molar-refractivity contribution is -0.115. The molecule has 0 saturated heterocycles. The van der Waals surface area contributed by atoms with Gasteiger partial charge in [-0.1, -0.05) is 6.07 Å². The molecule has 0 spiro atoms. The Balaban J connectivity index is 2.12. The number of nitrogens with one attached hydrogen (secondary N) is 2. The van der Waals surface area contributed by atoms with E-state index in [0.717, 1.165) is 12.1 Å². The van der Waals surface area contributed by atoms with E-state index in [4.69, 9.17) is 0 Å².